The number of anilines is 1. The van der Waals surface area contributed by atoms with Crippen LogP contribution in [0.25, 0.3) is 0 Å². The summed E-state index contributed by atoms with van der Waals surface area (Å²) in [5.74, 6) is 0.578. The van der Waals surface area contributed by atoms with Crippen LogP contribution in [0.3, 0.4) is 0 Å². The zero-order valence-corrected chi connectivity index (χ0v) is 16.1. The molecule has 2 aromatic carbocycles. The molecule has 3 rings (SSSR count). The van der Waals surface area contributed by atoms with Crippen LogP contribution in [0.2, 0.25) is 5.02 Å². The van der Waals surface area contributed by atoms with Gasteiger partial charge in [0.15, 0.2) is 0 Å². The highest BCUT2D eigenvalue weighted by molar-refractivity contribution is 6.30. The summed E-state index contributed by atoms with van der Waals surface area (Å²) in [4.78, 5) is 12.9. The zero-order chi connectivity index (χ0) is 18.7. The number of hydrogen-bond acceptors (Lipinski definition) is 4. The van der Waals surface area contributed by atoms with Gasteiger partial charge in [-0.3, -0.25) is 4.79 Å². The van der Waals surface area contributed by atoms with E-state index in [4.69, 9.17) is 21.1 Å². The molecule has 0 radical (unpaired) electrons. The highest BCUT2D eigenvalue weighted by Crippen LogP contribution is 2.46. The van der Waals surface area contributed by atoms with Crippen molar-refractivity contribution >= 4 is 23.3 Å². The molecule has 0 aliphatic carbocycles. The molecule has 5 heteroatoms. The average Bonchev–Trinajstić information content (AvgIpc) is 2.84. The number of halogens is 1. The molecule has 2 aromatic rings. The number of fused-ring (bicyclic) bond motifs is 1. The maximum absolute atomic E-state index is 12.9. The zero-order valence-electron chi connectivity index (χ0n) is 15.3. The first kappa shape index (κ1) is 18.6. The molecular weight excluding hydrogens is 350 g/mol. The Morgan fingerprint density at radius 2 is 1.96 bits per heavy atom. The Bertz CT molecular complexity index is 790. The van der Waals surface area contributed by atoms with Gasteiger partial charge in [0.25, 0.3) is 0 Å². The van der Waals surface area contributed by atoms with Gasteiger partial charge in [-0.2, -0.15) is 0 Å². The van der Waals surface area contributed by atoms with Crippen LogP contribution in [0.15, 0.2) is 42.5 Å². The van der Waals surface area contributed by atoms with Gasteiger partial charge in [-0.1, -0.05) is 30.7 Å². The fraction of sp³-hybridized carbons (Fsp3) is 0.381. The SMILES string of the molecule is CCC1(C(=O)OC)CNc2ccc(Cl)cc2CC1c1ccc(OC)cc1. The van der Waals surface area contributed by atoms with E-state index in [-0.39, 0.29) is 11.9 Å². The molecule has 0 saturated carbocycles. The Kier molecular flexibility index (Phi) is 5.42. The molecule has 4 nitrogen and oxygen atoms in total. The second-order valence-corrected chi connectivity index (χ2v) is 7.12. The predicted molar refractivity (Wildman–Crippen MR) is 104 cm³/mol. The molecule has 1 N–H and O–H groups in total. The Morgan fingerprint density at radius 1 is 1.23 bits per heavy atom. The molecule has 2 atom stereocenters. The van der Waals surface area contributed by atoms with Gasteiger partial charge in [0.1, 0.15) is 5.75 Å². The molecule has 0 bridgehead atoms. The summed E-state index contributed by atoms with van der Waals surface area (Å²) in [6.07, 6.45) is 1.38. The molecule has 0 saturated heterocycles. The van der Waals surface area contributed by atoms with Gasteiger partial charge < -0.3 is 14.8 Å². The van der Waals surface area contributed by atoms with Crippen LogP contribution in [-0.4, -0.2) is 26.7 Å². The molecule has 1 heterocycles. The topological polar surface area (TPSA) is 47.6 Å². The average molecular weight is 374 g/mol. The number of carbonyl (C=O) groups is 1. The van der Waals surface area contributed by atoms with E-state index in [1.165, 1.54) is 7.11 Å². The first-order valence-corrected chi connectivity index (χ1v) is 9.16. The molecule has 2 unspecified atom stereocenters. The van der Waals surface area contributed by atoms with Gasteiger partial charge >= 0.3 is 5.97 Å². The van der Waals surface area contributed by atoms with Gasteiger partial charge in [-0.05, 0) is 54.3 Å². The van der Waals surface area contributed by atoms with Crippen molar-refractivity contribution in [2.24, 2.45) is 5.41 Å². The molecule has 0 spiro atoms. The number of rotatable bonds is 4. The molecule has 138 valence electrons. The standard InChI is InChI=1S/C21H24ClNO3/c1-4-21(20(24)26-3)13-23-19-10-7-16(22)11-15(19)12-18(21)14-5-8-17(25-2)9-6-14/h5-11,18,23H,4,12-13H2,1-3H3. The van der Waals surface area contributed by atoms with Crippen molar-refractivity contribution in [1.82, 2.24) is 0 Å². The fourth-order valence-electron chi connectivity index (χ4n) is 3.90. The summed E-state index contributed by atoms with van der Waals surface area (Å²) in [5, 5.41) is 4.14. The third-order valence-corrected chi connectivity index (χ3v) is 5.73. The van der Waals surface area contributed by atoms with Crippen molar-refractivity contribution in [2.45, 2.75) is 25.7 Å². The van der Waals surface area contributed by atoms with Crippen LogP contribution in [-0.2, 0) is 16.0 Å². The summed E-state index contributed by atoms with van der Waals surface area (Å²) in [5.41, 5.74) is 2.56. The number of ether oxygens (including phenoxy) is 2. The van der Waals surface area contributed by atoms with E-state index in [1.807, 2.05) is 49.4 Å². The Hall–Kier alpha value is -2.20. The maximum atomic E-state index is 12.9. The number of benzene rings is 2. The number of nitrogens with one attached hydrogen (secondary N) is 1. The first-order valence-electron chi connectivity index (χ1n) is 8.78. The van der Waals surface area contributed by atoms with Crippen LogP contribution < -0.4 is 10.1 Å². The third kappa shape index (κ3) is 3.26. The highest BCUT2D eigenvalue weighted by atomic mass is 35.5. The molecule has 1 aliphatic rings. The molecule has 0 fully saturated rings. The van der Waals surface area contributed by atoms with Crippen molar-refractivity contribution in [3.8, 4) is 5.75 Å². The van der Waals surface area contributed by atoms with Crippen LogP contribution in [0.4, 0.5) is 5.69 Å². The first-order chi connectivity index (χ1) is 12.5. The minimum atomic E-state index is -0.658. The molecule has 0 amide bonds. The van der Waals surface area contributed by atoms with Crippen LogP contribution in [0.1, 0.15) is 30.4 Å². The van der Waals surface area contributed by atoms with Gasteiger partial charge in [-0.25, -0.2) is 0 Å². The second-order valence-electron chi connectivity index (χ2n) is 6.69. The van der Waals surface area contributed by atoms with E-state index in [0.717, 1.165) is 22.6 Å². The number of hydrogen-bond donors (Lipinski definition) is 1. The Balaban J connectivity index is 2.12. The van der Waals surface area contributed by atoms with E-state index in [1.54, 1.807) is 7.11 Å². The lowest BCUT2D eigenvalue weighted by Gasteiger charge is -2.36. The fourth-order valence-corrected chi connectivity index (χ4v) is 4.10. The quantitative estimate of drug-likeness (QED) is 0.791. The summed E-state index contributed by atoms with van der Waals surface area (Å²) >= 11 is 6.22. The maximum Gasteiger partial charge on any atom is 0.314 e. The number of methoxy groups -OCH3 is 2. The van der Waals surface area contributed by atoms with E-state index < -0.39 is 5.41 Å². The number of esters is 1. The van der Waals surface area contributed by atoms with Crippen molar-refractivity contribution in [1.29, 1.82) is 0 Å². The van der Waals surface area contributed by atoms with Gasteiger partial charge in [0.2, 0.25) is 0 Å². The van der Waals surface area contributed by atoms with Crippen LogP contribution in [0, 0.1) is 5.41 Å². The summed E-state index contributed by atoms with van der Waals surface area (Å²) < 4.78 is 10.5. The Morgan fingerprint density at radius 3 is 2.58 bits per heavy atom. The molecule has 0 aromatic heterocycles. The van der Waals surface area contributed by atoms with Crippen molar-refractivity contribution in [2.75, 3.05) is 26.1 Å². The lowest BCUT2D eigenvalue weighted by Crippen LogP contribution is -2.43. The van der Waals surface area contributed by atoms with Gasteiger partial charge in [0.05, 0.1) is 19.6 Å². The lowest BCUT2D eigenvalue weighted by atomic mass is 9.68. The van der Waals surface area contributed by atoms with E-state index in [9.17, 15) is 4.79 Å². The van der Waals surface area contributed by atoms with Gasteiger partial charge in [0, 0.05) is 23.2 Å². The van der Waals surface area contributed by atoms with E-state index >= 15 is 0 Å². The van der Waals surface area contributed by atoms with Crippen LogP contribution >= 0.6 is 11.6 Å². The van der Waals surface area contributed by atoms with Crippen molar-refractivity contribution in [3.63, 3.8) is 0 Å². The van der Waals surface area contributed by atoms with E-state index in [0.29, 0.717) is 24.4 Å². The van der Waals surface area contributed by atoms with Crippen LogP contribution in [0.5, 0.6) is 5.75 Å². The minimum Gasteiger partial charge on any atom is -0.497 e. The largest absolute Gasteiger partial charge is 0.497 e. The molecular formula is C21H24ClNO3. The van der Waals surface area contributed by atoms with E-state index in [2.05, 4.69) is 5.32 Å². The van der Waals surface area contributed by atoms with Crippen molar-refractivity contribution in [3.05, 3.63) is 58.6 Å². The smallest absolute Gasteiger partial charge is 0.314 e. The monoisotopic (exact) mass is 373 g/mol. The predicted octanol–water partition coefficient (Wildman–Crippen LogP) is 4.67. The highest BCUT2D eigenvalue weighted by Gasteiger charge is 2.47. The lowest BCUT2D eigenvalue weighted by molar-refractivity contribution is -0.153. The third-order valence-electron chi connectivity index (χ3n) is 5.49. The summed E-state index contributed by atoms with van der Waals surface area (Å²) in [7, 11) is 3.10. The summed E-state index contributed by atoms with van der Waals surface area (Å²) in [6, 6.07) is 13.8. The van der Waals surface area contributed by atoms with Crippen molar-refractivity contribution < 1.29 is 14.3 Å². The molecule has 1 aliphatic heterocycles. The second kappa shape index (κ2) is 7.58. The number of carbonyl (C=O) groups excluding carboxylic acids is 1. The molecule has 26 heavy (non-hydrogen) atoms. The summed E-state index contributed by atoms with van der Waals surface area (Å²) in [6.45, 7) is 2.56. The Labute approximate surface area is 159 Å². The normalized spacial score (nSPS) is 21.9. The van der Waals surface area contributed by atoms with Gasteiger partial charge in [-0.15, -0.1) is 0 Å². The minimum absolute atomic E-state index is 0.0296.